The van der Waals surface area contributed by atoms with Gasteiger partial charge in [-0.3, -0.25) is 0 Å². The van der Waals surface area contributed by atoms with Gasteiger partial charge < -0.3 is 14.2 Å². The fraction of sp³-hybridized carbons (Fsp3) is 0.875. The van der Waals surface area contributed by atoms with E-state index in [4.69, 9.17) is 14.2 Å². The Balaban J connectivity index is 2.08. The first kappa shape index (κ1) is 9.32. The Morgan fingerprint density at radius 2 is 2.50 bits per heavy atom. The zero-order chi connectivity index (χ0) is 8.81. The Hall–Kier alpha value is -0.770. The molecule has 12 heavy (non-hydrogen) atoms. The van der Waals surface area contributed by atoms with Crippen molar-refractivity contribution in [2.45, 2.75) is 25.9 Å². The lowest BCUT2D eigenvalue weighted by Gasteiger charge is -2.09. The summed E-state index contributed by atoms with van der Waals surface area (Å²) in [6.45, 7) is 3.53. The zero-order valence-corrected chi connectivity index (χ0v) is 7.25. The van der Waals surface area contributed by atoms with Gasteiger partial charge in [0.1, 0.15) is 6.10 Å². The van der Waals surface area contributed by atoms with Crippen LogP contribution in [0.2, 0.25) is 0 Å². The molecule has 4 heteroatoms. The van der Waals surface area contributed by atoms with E-state index in [1.165, 1.54) is 0 Å². The summed E-state index contributed by atoms with van der Waals surface area (Å²) >= 11 is 0. The molecule has 0 aromatic carbocycles. The van der Waals surface area contributed by atoms with Gasteiger partial charge in [0, 0.05) is 6.42 Å². The number of hydrogen-bond acceptors (Lipinski definition) is 4. The molecule has 1 rings (SSSR count). The van der Waals surface area contributed by atoms with E-state index < -0.39 is 6.16 Å². The van der Waals surface area contributed by atoms with Gasteiger partial charge in [0.25, 0.3) is 0 Å². The molecule has 0 spiro atoms. The summed E-state index contributed by atoms with van der Waals surface area (Å²) in [5.74, 6) is 0. The van der Waals surface area contributed by atoms with Crippen molar-refractivity contribution in [1.29, 1.82) is 0 Å². The summed E-state index contributed by atoms with van der Waals surface area (Å²) in [6.07, 6.45) is 0.916. The minimum Gasteiger partial charge on any atom is -0.434 e. The molecule has 1 fully saturated rings. The first-order valence-electron chi connectivity index (χ1n) is 4.24. The molecule has 1 aliphatic rings. The van der Waals surface area contributed by atoms with Gasteiger partial charge in [-0.1, -0.05) is 6.92 Å². The highest BCUT2D eigenvalue weighted by atomic mass is 16.7. The van der Waals surface area contributed by atoms with Crippen LogP contribution >= 0.6 is 0 Å². The highest BCUT2D eigenvalue weighted by molar-refractivity contribution is 5.60. The predicted molar refractivity (Wildman–Crippen MR) is 41.9 cm³/mol. The molecule has 0 aromatic rings. The molecular weight excluding hydrogens is 160 g/mol. The van der Waals surface area contributed by atoms with E-state index in [2.05, 4.69) is 0 Å². The first-order valence-corrected chi connectivity index (χ1v) is 4.24. The Morgan fingerprint density at radius 1 is 1.67 bits per heavy atom. The summed E-state index contributed by atoms with van der Waals surface area (Å²) in [4.78, 5) is 10.9. The van der Waals surface area contributed by atoms with Gasteiger partial charge in [-0.25, -0.2) is 4.79 Å². The van der Waals surface area contributed by atoms with Crippen molar-refractivity contribution in [3.63, 3.8) is 0 Å². The second-order valence-electron chi connectivity index (χ2n) is 2.70. The maximum absolute atomic E-state index is 10.9. The topological polar surface area (TPSA) is 44.8 Å². The van der Waals surface area contributed by atoms with Crippen molar-refractivity contribution >= 4 is 6.16 Å². The van der Waals surface area contributed by atoms with Crippen LogP contribution in [-0.4, -0.2) is 32.1 Å². The van der Waals surface area contributed by atoms with Gasteiger partial charge in [-0.05, 0) is 6.42 Å². The van der Waals surface area contributed by atoms with E-state index in [0.717, 1.165) is 12.8 Å². The summed E-state index contributed by atoms with van der Waals surface area (Å²) in [5.41, 5.74) is 0. The van der Waals surface area contributed by atoms with Crippen LogP contribution in [0, 0.1) is 0 Å². The molecule has 1 heterocycles. The third kappa shape index (κ3) is 3.09. The van der Waals surface area contributed by atoms with Crippen LogP contribution in [0.3, 0.4) is 0 Å². The SMILES string of the molecule is CCCOC(=O)OC1CCOC1. The highest BCUT2D eigenvalue weighted by Gasteiger charge is 2.20. The maximum atomic E-state index is 10.9. The van der Waals surface area contributed by atoms with Gasteiger partial charge in [0.15, 0.2) is 0 Å². The van der Waals surface area contributed by atoms with E-state index in [0.29, 0.717) is 19.8 Å². The van der Waals surface area contributed by atoms with Crippen molar-refractivity contribution in [3.05, 3.63) is 0 Å². The lowest BCUT2D eigenvalue weighted by Crippen LogP contribution is -2.19. The van der Waals surface area contributed by atoms with Gasteiger partial charge in [-0.2, -0.15) is 0 Å². The van der Waals surface area contributed by atoms with E-state index in [9.17, 15) is 4.79 Å². The quantitative estimate of drug-likeness (QED) is 0.605. The summed E-state index contributed by atoms with van der Waals surface area (Å²) in [7, 11) is 0. The second-order valence-corrected chi connectivity index (χ2v) is 2.70. The molecule has 1 aliphatic heterocycles. The Bertz CT molecular complexity index is 140. The third-order valence-electron chi connectivity index (χ3n) is 1.57. The summed E-state index contributed by atoms with van der Waals surface area (Å²) in [5, 5.41) is 0. The smallest absolute Gasteiger partial charge is 0.434 e. The normalized spacial score (nSPS) is 22.2. The molecule has 0 amide bonds. The van der Waals surface area contributed by atoms with Gasteiger partial charge in [0.05, 0.1) is 19.8 Å². The molecule has 70 valence electrons. The highest BCUT2D eigenvalue weighted by Crippen LogP contribution is 2.08. The monoisotopic (exact) mass is 174 g/mol. The number of rotatable bonds is 3. The van der Waals surface area contributed by atoms with Gasteiger partial charge in [0.2, 0.25) is 0 Å². The average Bonchev–Trinajstić information content (AvgIpc) is 2.53. The molecule has 0 aromatic heterocycles. The van der Waals surface area contributed by atoms with Gasteiger partial charge in [-0.15, -0.1) is 0 Å². The van der Waals surface area contributed by atoms with Crippen molar-refractivity contribution < 1.29 is 19.0 Å². The lowest BCUT2D eigenvalue weighted by atomic mass is 10.3. The molecule has 1 saturated heterocycles. The standard InChI is InChI=1S/C8H14O4/c1-2-4-11-8(9)12-7-3-5-10-6-7/h7H,2-6H2,1H3. The van der Waals surface area contributed by atoms with E-state index >= 15 is 0 Å². The number of hydrogen-bond donors (Lipinski definition) is 0. The lowest BCUT2D eigenvalue weighted by molar-refractivity contribution is 0.0196. The van der Waals surface area contributed by atoms with Crippen LogP contribution < -0.4 is 0 Å². The van der Waals surface area contributed by atoms with E-state index in [1.807, 2.05) is 6.92 Å². The molecule has 0 saturated carbocycles. The van der Waals surface area contributed by atoms with E-state index in [-0.39, 0.29) is 6.10 Å². The largest absolute Gasteiger partial charge is 0.508 e. The average molecular weight is 174 g/mol. The van der Waals surface area contributed by atoms with Gasteiger partial charge >= 0.3 is 6.16 Å². The van der Waals surface area contributed by atoms with Crippen LogP contribution in [0.4, 0.5) is 4.79 Å². The van der Waals surface area contributed by atoms with Crippen LogP contribution in [0.15, 0.2) is 0 Å². The minimum absolute atomic E-state index is 0.102. The van der Waals surface area contributed by atoms with Crippen LogP contribution in [0.5, 0.6) is 0 Å². The van der Waals surface area contributed by atoms with Crippen molar-refractivity contribution in [2.75, 3.05) is 19.8 Å². The Kier molecular flexibility index (Phi) is 3.87. The summed E-state index contributed by atoms with van der Waals surface area (Å²) in [6, 6.07) is 0. The number of carbonyl (C=O) groups excluding carboxylic acids is 1. The molecule has 0 radical (unpaired) electrons. The molecule has 0 N–H and O–H groups in total. The predicted octanol–water partition coefficient (Wildman–Crippen LogP) is 1.34. The molecule has 1 atom stereocenters. The number of carbonyl (C=O) groups is 1. The fourth-order valence-corrected chi connectivity index (χ4v) is 0.961. The molecular formula is C8H14O4. The van der Waals surface area contributed by atoms with Crippen LogP contribution in [-0.2, 0) is 14.2 Å². The summed E-state index contributed by atoms with van der Waals surface area (Å²) < 4.78 is 14.7. The molecule has 4 nitrogen and oxygen atoms in total. The Labute approximate surface area is 71.8 Å². The second kappa shape index (κ2) is 4.98. The zero-order valence-electron chi connectivity index (χ0n) is 7.25. The molecule has 1 unspecified atom stereocenters. The van der Waals surface area contributed by atoms with E-state index in [1.54, 1.807) is 0 Å². The van der Waals surface area contributed by atoms with Crippen molar-refractivity contribution in [2.24, 2.45) is 0 Å². The number of ether oxygens (including phenoxy) is 3. The van der Waals surface area contributed by atoms with Crippen molar-refractivity contribution in [3.8, 4) is 0 Å². The minimum atomic E-state index is -0.577. The van der Waals surface area contributed by atoms with Crippen LogP contribution in [0.25, 0.3) is 0 Å². The fourth-order valence-electron chi connectivity index (χ4n) is 0.961. The Morgan fingerprint density at radius 3 is 3.08 bits per heavy atom. The molecule has 0 aliphatic carbocycles. The first-order chi connectivity index (χ1) is 5.83. The van der Waals surface area contributed by atoms with Crippen LogP contribution in [0.1, 0.15) is 19.8 Å². The third-order valence-corrected chi connectivity index (χ3v) is 1.57. The molecule has 0 bridgehead atoms. The van der Waals surface area contributed by atoms with Crippen molar-refractivity contribution in [1.82, 2.24) is 0 Å². The maximum Gasteiger partial charge on any atom is 0.508 e.